The number of aryl methyl sites for hydroxylation is 1. The fourth-order valence-corrected chi connectivity index (χ4v) is 1.77. The van der Waals surface area contributed by atoms with Crippen molar-refractivity contribution >= 4 is 5.91 Å². The van der Waals surface area contributed by atoms with Gasteiger partial charge in [-0.05, 0) is 18.1 Å². The molecule has 0 saturated heterocycles. The predicted octanol–water partition coefficient (Wildman–Crippen LogP) is 2.41. The van der Waals surface area contributed by atoms with Gasteiger partial charge < -0.3 is 5.32 Å². The lowest BCUT2D eigenvalue weighted by Gasteiger charge is -2.27. The third-order valence-electron chi connectivity index (χ3n) is 2.65. The van der Waals surface area contributed by atoms with Gasteiger partial charge in [0.2, 0.25) is 5.91 Å². The van der Waals surface area contributed by atoms with Gasteiger partial charge >= 0.3 is 0 Å². The molecule has 0 aliphatic carbocycles. The zero-order chi connectivity index (χ0) is 11.5. The zero-order valence-corrected chi connectivity index (χ0v) is 9.92. The fourth-order valence-electron chi connectivity index (χ4n) is 1.77. The summed E-state index contributed by atoms with van der Waals surface area (Å²) in [5, 5.41) is 2.87. The van der Waals surface area contributed by atoms with Crippen molar-refractivity contribution in [3.8, 4) is 0 Å². The third-order valence-corrected chi connectivity index (χ3v) is 2.65. The smallest absolute Gasteiger partial charge is 0.216 e. The second kappa shape index (κ2) is 4.47. The molecule has 1 aromatic rings. The van der Waals surface area contributed by atoms with Gasteiger partial charge in [0.05, 0.1) is 0 Å². The van der Waals surface area contributed by atoms with Gasteiger partial charge in [0.1, 0.15) is 0 Å². The molecular formula is C13H19NO. The Kier molecular flexibility index (Phi) is 3.51. The average molecular weight is 205 g/mol. The van der Waals surface area contributed by atoms with Crippen LogP contribution in [0, 0.1) is 6.92 Å². The normalized spacial score (nSPS) is 11.2. The van der Waals surface area contributed by atoms with E-state index in [1.807, 2.05) is 12.1 Å². The Balaban J connectivity index is 2.85. The van der Waals surface area contributed by atoms with Crippen LogP contribution in [0.5, 0.6) is 0 Å². The molecule has 15 heavy (non-hydrogen) atoms. The van der Waals surface area contributed by atoms with E-state index in [0.29, 0.717) is 6.54 Å². The second-order valence-corrected chi connectivity index (χ2v) is 4.61. The monoisotopic (exact) mass is 205 g/mol. The molecule has 0 bridgehead atoms. The summed E-state index contributed by atoms with van der Waals surface area (Å²) >= 11 is 0. The van der Waals surface area contributed by atoms with Crippen LogP contribution in [-0.2, 0) is 10.2 Å². The van der Waals surface area contributed by atoms with Gasteiger partial charge in [-0.2, -0.15) is 0 Å². The minimum Gasteiger partial charge on any atom is -0.355 e. The van der Waals surface area contributed by atoms with E-state index in [0.717, 1.165) is 0 Å². The second-order valence-electron chi connectivity index (χ2n) is 4.61. The molecule has 1 aromatic carbocycles. The fraction of sp³-hybridized carbons (Fsp3) is 0.462. The van der Waals surface area contributed by atoms with Crippen molar-refractivity contribution in [1.29, 1.82) is 0 Å². The molecular weight excluding hydrogens is 186 g/mol. The van der Waals surface area contributed by atoms with Crippen LogP contribution >= 0.6 is 0 Å². The van der Waals surface area contributed by atoms with Crippen LogP contribution < -0.4 is 5.32 Å². The van der Waals surface area contributed by atoms with Crippen LogP contribution in [0.4, 0.5) is 0 Å². The molecule has 0 aliphatic heterocycles. The third kappa shape index (κ3) is 3.08. The van der Waals surface area contributed by atoms with E-state index in [9.17, 15) is 4.79 Å². The molecule has 1 amide bonds. The first kappa shape index (κ1) is 11.8. The topological polar surface area (TPSA) is 29.1 Å². The summed E-state index contributed by atoms with van der Waals surface area (Å²) in [6, 6.07) is 8.30. The van der Waals surface area contributed by atoms with E-state index in [2.05, 4.69) is 38.2 Å². The largest absolute Gasteiger partial charge is 0.355 e. The number of benzene rings is 1. The Hall–Kier alpha value is -1.31. The van der Waals surface area contributed by atoms with Crippen LogP contribution in [0.15, 0.2) is 24.3 Å². The Morgan fingerprint density at radius 2 is 1.93 bits per heavy atom. The number of hydrogen-bond donors (Lipinski definition) is 1. The molecule has 0 spiro atoms. The van der Waals surface area contributed by atoms with Gasteiger partial charge in [0.25, 0.3) is 0 Å². The quantitative estimate of drug-likeness (QED) is 0.806. The standard InChI is InChI=1S/C13H19NO/c1-10-7-5-6-8-12(10)13(3,4)9-14-11(2)15/h5-8H,9H2,1-4H3,(H,14,15). The van der Waals surface area contributed by atoms with Crippen LogP contribution in [0.25, 0.3) is 0 Å². The van der Waals surface area contributed by atoms with Crippen LogP contribution in [0.1, 0.15) is 31.9 Å². The summed E-state index contributed by atoms with van der Waals surface area (Å²) in [4.78, 5) is 10.9. The number of hydrogen-bond acceptors (Lipinski definition) is 1. The highest BCUT2D eigenvalue weighted by Gasteiger charge is 2.22. The minimum absolute atomic E-state index is 0.0169. The summed E-state index contributed by atoms with van der Waals surface area (Å²) < 4.78 is 0. The zero-order valence-electron chi connectivity index (χ0n) is 9.92. The predicted molar refractivity (Wildman–Crippen MR) is 62.9 cm³/mol. The Morgan fingerprint density at radius 3 is 2.47 bits per heavy atom. The number of rotatable bonds is 3. The molecule has 0 aromatic heterocycles. The van der Waals surface area contributed by atoms with Crippen molar-refractivity contribution in [2.24, 2.45) is 0 Å². The molecule has 0 fully saturated rings. The first-order chi connectivity index (χ1) is 6.93. The Labute approximate surface area is 91.7 Å². The highest BCUT2D eigenvalue weighted by atomic mass is 16.1. The SMILES string of the molecule is CC(=O)NCC(C)(C)c1ccccc1C. The maximum Gasteiger partial charge on any atom is 0.216 e. The maximum absolute atomic E-state index is 10.9. The molecule has 2 nitrogen and oxygen atoms in total. The summed E-state index contributed by atoms with van der Waals surface area (Å²) in [5.41, 5.74) is 2.54. The van der Waals surface area contributed by atoms with Crippen molar-refractivity contribution in [3.05, 3.63) is 35.4 Å². The summed E-state index contributed by atoms with van der Waals surface area (Å²) in [5.74, 6) is 0.0247. The Bertz CT molecular complexity index is 355. The number of amides is 1. The van der Waals surface area contributed by atoms with Crippen LogP contribution in [0.3, 0.4) is 0 Å². The first-order valence-electron chi connectivity index (χ1n) is 5.24. The van der Waals surface area contributed by atoms with Gasteiger partial charge in [-0.1, -0.05) is 38.1 Å². The maximum atomic E-state index is 10.9. The summed E-state index contributed by atoms with van der Waals surface area (Å²) in [6.45, 7) is 8.61. The molecule has 0 unspecified atom stereocenters. The van der Waals surface area contributed by atoms with E-state index in [1.165, 1.54) is 11.1 Å². The van der Waals surface area contributed by atoms with E-state index >= 15 is 0 Å². The molecule has 0 heterocycles. The van der Waals surface area contributed by atoms with Gasteiger partial charge in [0.15, 0.2) is 0 Å². The number of carbonyl (C=O) groups is 1. The van der Waals surface area contributed by atoms with Crippen molar-refractivity contribution in [3.63, 3.8) is 0 Å². The first-order valence-corrected chi connectivity index (χ1v) is 5.24. The van der Waals surface area contributed by atoms with Crippen molar-refractivity contribution in [2.75, 3.05) is 6.54 Å². The molecule has 0 aliphatic rings. The molecule has 2 heteroatoms. The van der Waals surface area contributed by atoms with E-state index in [4.69, 9.17) is 0 Å². The molecule has 82 valence electrons. The molecule has 0 saturated carbocycles. The lowest BCUT2D eigenvalue weighted by atomic mass is 9.82. The van der Waals surface area contributed by atoms with Crippen LogP contribution in [0.2, 0.25) is 0 Å². The summed E-state index contributed by atoms with van der Waals surface area (Å²) in [7, 11) is 0. The van der Waals surface area contributed by atoms with Gasteiger partial charge in [0, 0.05) is 18.9 Å². The van der Waals surface area contributed by atoms with Crippen molar-refractivity contribution in [2.45, 2.75) is 33.1 Å². The average Bonchev–Trinajstić information content (AvgIpc) is 2.15. The van der Waals surface area contributed by atoms with E-state index < -0.39 is 0 Å². The van der Waals surface area contributed by atoms with Crippen molar-refractivity contribution < 1.29 is 4.79 Å². The van der Waals surface area contributed by atoms with E-state index in [1.54, 1.807) is 6.92 Å². The molecule has 1 rings (SSSR count). The summed E-state index contributed by atoms with van der Waals surface area (Å²) in [6.07, 6.45) is 0. The Morgan fingerprint density at radius 1 is 1.33 bits per heavy atom. The minimum atomic E-state index is -0.0169. The lowest BCUT2D eigenvalue weighted by molar-refractivity contribution is -0.119. The van der Waals surface area contributed by atoms with E-state index in [-0.39, 0.29) is 11.3 Å². The molecule has 0 radical (unpaired) electrons. The van der Waals surface area contributed by atoms with Crippen molar-refractivity contribution in [1.82, 2.24) is 5.32 Å². The van der Waals surface area contributed by atoms with Crippen LogP contribution in [-0.4, -0.2) is 12.5 Å². The number of carbonyl (C=O) groups excluding carboxylic acids is 1. The van der Waals surface area contributed by atoms with Gasteiger partial charge in [-0.3, -0.25) is 4.79 Å². The molecule has 1 N–H and O–H groups in total. The lowest BCUT2D eigenvalue weighted by Crippen LogP contribution is -2.35. The molecule has 0 atom stereocenters. The highest BCUT2D eigenvalue weighted by molar-refractivity contribution is 5.72. The number of nitrogens with one attached hydrogen (secondary N) is 1. The van der Waals surface area contributed by atoms with Gasteiger partial charge in [-0.15, -0.1) is 0 Å². The van der Waals surface area contributed by atoms with Gasteiger partial charge in [-0.25, -0.2) is 0 Å². The highest BCUT2D eigenvalue weighted by Crippen LogP contribution is 2.25.